The fraction of sp³-hybridized carbons (Fsp3) is 0. The molecule has 0 spiro atoms. The summed E-state index contributed by atoms with van der Waals surface area (Å²) in [4.78, 5) is 3.46. The Morgan fingerprint density at radius 2 is 1.47 bits per heavy atom. The van der Waals surface area contributed by atoms with Crippen LogP contribution in [0.25, 0.3) is 22.2 Å². The van der Waals surface area contributed by atoms with Gasteiger partial charge in [-0.1, -0.05) is 30.3 Å². The van der Waals surface area contributed by atoms with Crippen LogP contribution in [0.5, 0.6) is 0 Å². The molecule has 0 aliphatic heterocycles. The molecule has 0 aliphatic rings. The average Bonchev–Trinajstić information content (AvgIpc) is 2.74. The van der Waals surface area contributed by atoms with Gasteiger partial charge in [0.05, 0.1) is 10.2 Å². The van der Waals surface area contributed by atoms with Gasteiger partial charge in [0.1, 0.15) is 0 Å². The van der Waals surface area contributed by atoms with Gasteiger partial charge >= 0.3 is 0 Å². The Kier molecular flexibility index (Phi) is 3.91. The lowest BCUT2D eigenvalue weighted by atomic mass is 10.1. The molecule has 0 unspecified atom stereocenters. The minimum absolute atomic E-state index is 1.01. The number of benzene rings is 2. The van der Waals surface area contributed by atoms with Crippen molar-refractivity contribution in [1.29, 1.82) is 0 Å². The Morgan fingerprint density at radius 1 is 0.789 bits per heavy atom. The van der Waals surface area contributed by atoms with Crippen LogP contribution in [0, 0.1) is 0 Å². The molecule has 0 atom stereocenters. The van der Waals surface area contributed by atoms with Crippen molar-refractivity contribution in [1.82, 2.24) is 4.98 Å². The first-order chi connectivity index (χ1) is 9.09. The molecule has 5 heteroatoms. The molecule has 3 rings (SSSR count). The van der Waals surface area contributed by atoms with E-state index in [2.05, 4.69) is 86.9 Å². The number of hydrogen-bond donors (Lipinski definition) is 1. The van der Waals surface area contributed by atoms with Crippen molar-refractivity contribution in [3.63, 3.8) is 0 Å². The zero-order valence-corrected chi connectivity index (χ0v) is 15.8. The summed E-state index contributed by atoms with van der Waals surface area (Å²) in [5.74, 6) is 0. The van der Waals surface area contributed by atoms with Gasteiger partial charge in [0.25, 0.3) is 0 Å². The summed E-state index contributed by atoms with van der Waals surface area (Å²) in [6.45, 7) is 0. The summed E-state index contributed by atoms with van der Waals surface area (Å²) >= 11 is 14.5. The SMILES string of the molecule is Brc1cc2[nH]c(-c3ccccc3)c(Br)c2c(Br)c1Br. The van der Waals surface area contributed by atoms with Crippen LogP contribution in [0.2, 0.25) is 0 Å². The third kappa shape index (κ3) is 2.35. The number of rotatable bonds is 1. The molecule has 1 nitrogen and oxygen atoms in total. The zero-order chi connectivity index (χ0) is 13.6. The fourth-order valence-corrected chi connectivity index (χ4v) is 4.66. The lowest BCUT2D eigenvalue weighted by Crippen LogP contribution is -1.76. The molecule has 3 aromatic rings. The Hall–Kier alpha value is -0.100. The largest absolute Gasteiger partial charge is 0.354 e. The van der Waals surface area contributed by atoms with Crippen LogP contribution in [0.3, 0.4) is 0 Å². The van der Waals surface area contributed by atoms with Crippen LogP contribution in [0.1, 0.15) is 0 Å². The number of hydrogen-bond acceptors (Lipinski definition) is 0. The number of aromatic nitrogens is 1. The minimum atomic E-state index is 1.01. The predicted molar refractivity (Wildman–Crippen MR) is 94.5 cm³/mol. The van der Waals surface area contributed by atoms with Gasteiger partial charge in [-0.15, -0.1) is 0 Å². The Morgan fingerprint density at radius 3 is 2.16 bits per heavy atom. The number of halogens is 4. The summed E-state index contributed by atoms with van der Waals surface area (Å²) in [6, 6.07) is 12.3. The summed E-state index contributed by atoms with van der Waals surface area (Å²) in [5.41, 5.74) is 3.32. The maximum atomic E-state index is 3.70. The number of H-pyrrole nitrogens is 1. The molecule has 0 saturated carbocycles. The molecule has 0 bridgehead atoms. The number of fused-ring (bicyclic) bond motifs is 1. The minimum Gasteiger partial charge on any atom is -0.354 e. The summed E-state index contributed by atoms with van der Waals surface area (Å²) in [5, 5.41) is 1.13. The topological polar surface area (TPSA) is 15.8 Å². The van der Waals surface area contributed by atoms with Crippen LogP contribution < -0.4 is 0 Å². The van der Waals surface area contributed by atoms with E-state index in [1.165, 1.54) is 0 Å². The second-order valence-electron chi connectivity index (χ2n) is 4.09. The monoisotopic (exact) mass is 505 g/mol. The smallest absolute Gasteiger partial charge is 0.0609 e. The second-order valence-corrected chi connectivity index (χ2v) is 7.32. The molecular weight excluding hydrogens is 502 g/mol. The Bertz CT molecular complexity index is 762. The highest BCUT2D eigenvalue weighted by molar-refractivity contribution is 9.14. The van der Waals surface area contributed by atoms with Crippen molar-refractivity contribution in [2.75, 3.05) is 0 Å². The van der Waals surface area contributed by atoms with E-state index in [9.17, 15) is 0 Å². The van der Waals surface area contributed by atoms with Crippen molar-refractivity contribution in [3.8, 4) is 11.3 Å². The lowest BCUT2D eigenvalue weighted by molar-refractivity contribution is 1.44. The summed E-state index contributed by atoms with van der Waals surface area (Å²) in [6.07, 6.45) is 0. The van der Waals surface area contributed by atoms with E-state index in [4.69, 9.17) is 0 Å². The van der Waals surface area contributed by atoms with Crippen LogP contribution in [-0.4, -0.2) is 4.98 Å². The summed E-state index contributed by atoms with van der Waals surface area (Å²) < 4.78 is 4.12. The van der Waals surface area contributed by atoms with Crippen molar-refractivity contribution in [2.24, 2.45) is 0 Å². The van der Waals surface area contributed by atoms with E-state index in [-0.39, 0.29) is 0 Å². The molecule has 2 aromatic carbocycles. The van der Waals surface area contributed by atoms with Gasteiger partial charge in [0.2, 0.25) is 0 Å². The van der Waals surface area contributed by atoms with Crippen molar-refractivity contribution < 1.29 is 0 Å². The third-order valence-corrected chi connectivity index (χ3v) is 7.02. The van der Waals surface area contributed by atoms with Gasteiger partial charge in [-0.3, -0.25) is 0 Å². The van der Waals surface area contributed by atoms with E-state index in [0.29, 0.717) is 0 Å². The Labute approximate surface area is 144 Å². The molecule has 0 amide bonds. The van der Waals surface area contributed by atoms with Gasteiger partial charge in [-0.25, -0.2) is 0 Å². The van der Waals surface area contributed by atoms with E-state index < -0.39 is 0 Å². The van der Waals surface area contributed by atoms with E-state index in [1.807, 2.05) is 18.2 Å². The van der Waals surface area contributed by atoms with E-state index in [0.717, 1.165) is 40.1 Å². The molecule has 96 valence electrons. The zero-order valence-electron chi connectivity index (χ0n) is 9.48. The molecule has 0 saturated heterocycles. The van der Waals surface area contributed by atoms with Gasteiger partial charge in [0.15, 0.2) is 0 Å². The fourth-order valence-electron chi connectivity index (χ4n) is 2.03. The molecule has 0 radical (unpaired) electrons. The molecular formula is C14H7Br4N. The first-order valence-corrected chi connectivity index (χ1v) is 8.67. The quantitative estimate of drug-likeness (QED) is 0.345. The molecule has 0 fully saturated rings. The van der Waals surface area contributed by atoms with Gasteiger partial charge in [0, 0.05) is 24.3 Å². The predicted octanol–water partition coefficient (Wildman–Crippen LogP) is 6.88. The highest BCUT2D eigenvalue weighted by Crippen LogP contribution is 2.44. The van der Waals surface area contributed by atoms with E-state index >= 15 is 0 Å². The summed E-state index contributed by atoms with van der Waals surface area (Å²) in [7, 11) is 0. The standard InChI is InChI=1S/C14H7Br4N/c15-8-6-9-10(12(17)11(8)16)13(18)14(19-9)7-4-2-1-3-5-7/h1-6,19H. The maximum Gasteiger partial charge on any atom is 0.0609 e. The van der Waals surface area contributed by atoms with Crippen LogP contribution in [0.4, 0.5) is 0 Å². The number of nitrogens with one attached hydrogen (secondary N) is 1. The molecule has 0 aliphatic carbocycles. The number of aromatic amines is 1. The lowest BCUT2D eigenvalue weighted by Gasteiger charge is -2.02. The van der Waals surface area contributed by atoms with Crippen LogP contribution in [0.15, 0.2) is 54.3 Å². The average molecular weight is 509 g/mol. The normalized spacial score (nSPS) is 11.2. The molecule has 1 heterocycles. The highest BCUT2D eigenvalue weighted by Gasteiger charge is 2.16. The van der Waals surface area contributed by atoms with Crippen molar-refractivity contribution in [2.45, 2.75) is 0 Å². The first kappa shape index (κ1) is 13.9. The van der Waals surface area contributed by atoms with Gasteiger partial charge < -0.3 is 4.98 Å². The van der Waals surface area contributed by atoms with Crippen LogP contribution in [-0.2, 0) is 0 Å². The second kappa shape index (κ2) is 5.35. The van der Waals surface area contributed by atoms with E-state index in [1.54, 1.807) is 0 Å². The third-order valence-electron chi connectivity index (χ3n) is 2.92. The maximum absolute atomic E-state index is 3.70. The van der Waals surface area contributed by atoms with Crippen LogP contribution >= 0.6 is 63.7 Å². The molecule has 19 heavy (non-hydrogen) atoms. The highest BCUT2D eigenvalue weighted by atomic mass is 79.9. The molecule has 1 N–H and O–H groups in total. The van der Waals surface area contributed by atoms with Gasteiger partial charge in [-0.2, -0.15) is 0 Å². The first-order valence-electron chi connectivity index (χ1n) is 5.49. The molecule has 1 aromatic heterocycles. The van der Waals surface area contributed by atoms with Crippen molar-refractivity contribution in [3.05, 3.63) is 54.3 Å². The van der Waals surface area contributed by atoms with Gasteiger partial charge in [-0.05, 0) is 75.3 Å². The van der Waals surface area contributed by atoms with Crippen molar-refractivity contribution >= 4 is 74.6 Å². The Balaban J connectivity index is 2.36.